The molecule has 0 amide bonds. The number of aromatic nitrogens is 2. The third kappa shape index (κ3) is 2.17. The first-order valence-corrected chi connectivity index (χ1v) is 4.85. The third-order valence-electron chi connectivity index (χ3n) is 2.08. The molecule has 2 rings (SSSR count). The van der Waals surface area contributed by atoms with Crippen LogP contribution in [-0.2, 0) is 0 Å². The summed E-state index contributed by atoms with van der Waals surface area (Å²) in [7, 11) is 0. The molecule has 3 N–H and O–H groups in total. The van der Waals surface area contributed by atoms with Crippen LogP contribution in [0.5, 0.6) is 0 Å². The summed E-state index contributed by atoms with van der Waals surface area (Å²) >= 11 is 0. The maximum Gasteiger partial charge on any atom is 0.260 e. The highest BCUT2D eigenvalue weighted by atomic mass is 16.1. The first-order chi connectivity index (χ1) is 7.77. The van der Waals surface area contributed by atoms with E-state index in [9.17, 15) is 4.79 Å². The highest BCUT2D eigenvalue weighted by Gasteiger charge is 1.96. The summed E-state index contributed by atoms with van der Waals surface area (Å²) in [5.74, 6) is 0.124. The maximum absolute atomic E-state index is 11.6. The molecular formula is C12H11N3O. The Morgan fingerprint density at radius 2 is 1.62 bits per heavy atom. The zero-order valence-electron chi connectivity index (χ0n) is 8.55. The second-order valence-corrected chi connectivity index (χ2v) is 3.24. The Hall–Kier alpha value is -2.36. The molecule has 0 atom stereocenters. The molecule has 0 spiro atoms. The van der Waals surface area contributed by atoms with Gasteiger partial charge in [-0.25, -0.2) is 4.98 Å². The van der Waals surface area contributed by atoms with Crippen molar-refractivity contribution in [2.45, 2.75) is 0 Å². The normalized spacial score (nSPS) is 9.75. The van der Waals surface area contributed by atoms with Crippen LogP contribution in [0.2, 0.25) is 0 Å². The van der Waals surface area contributed by atoms with Crippen LogP contribution in [0.1, 0.15) is 0 Å². The number of anilines is 1. The number of nitrogen functional groups attached to an aromatic ring is 1. The van der Waals surface area contributed by atoms with Crippen LogP contribution in [0.15, 0.2) is 53.3 Å². The second kappa shape index (κ2) is 4.44. The number of aromatic amines is 1. The van der Waals surface area contributed by atoms with Crippen LogP contribution in [0, 0.1) is 0 Å². The number of nitrogens with zero attached hydrogens (tertiary/aromatic N) is 1. The summed E-state index contributed by atoms with van der Waals surface area (Å²) in [5, 5.41) is 0.505. The Balaban J connectivity index is 2.91. The molecule has 0 aliphatic rings. The van der Waals surface area contributed by atoms with E-state index in [-0.39, 0.29) is 11.5 Å². The van der Waals surface area contributed by atoms with E-state index in [2.05, 4.69) is 9.97 Å². The van der Waals surface area contributed by atoms with Gasteiger partial charge in [0.15, 0.2) is 0 Å². The molecule has 0 fully saturated rings. The highest BCUT2D eigenvalue weighted by molar-refractivity contribution is 5.76. The molecule has 1 heterocycles. The third-order valence-corrected chi connectivity index (χ3v) is 2.08. The number of hydrogen-bond acceptors (Lipinski definition) is 3. The average molecular weight is 213 g/mol. The van der Waals surface area contributed by atoms with E-state index in [1.165, 1.54) is 0 Å². The van der Waals surface area contributed by atoms with Gasteiger partial charge in [0.2, 0.25) is 5.95 Å². The summed E-state index contributed by atoms with van der Waals surface area (Å²) in [6.45, 7) is 0. The number of rotatable bonds is 0. The smallest absolute Gasteiger partial charge is 0.260 e. The fraction of sp³-hybridized carbons (Fsp3) is 0. The summed E-state index contributed by atoms with van der Waals surface area (Å²) < 4.78 is 0. The summed E-state index contributed by atoms with van der Waals surface area (Å²) in [6, 6.07) is 14.5. The number of nitrogens with one attached hydrogen (secondary N) is 1. The molecule has 0 radical (unpaired) electrons. The Labute approximate surface area is 92.1 Å². The van der Waals surface area contributed by atoms with Gasteiger partial charge in [-0.15, -0.1) is 0 Å². The lowest BCUT2D eigenvalue weighted by molar-refractivity contribution is 1.19. The maximum atomic E-state index is 11.6. The van der Waals surface area contributed by atoms with Crippen LogP contribution in [0.25, 0.3) is 10.9 Å². The van der Waals surface area contributed by atoms with E-state index in [1.54, 1.807) is 18.2 Å². The van der Waals surface area contributed by atoms with Gasteiger partial charge >= 0.3 is 0 Å². The Morgan fingerprint density at radius 1 is 1.00 bits per heavy atom. The Kier molecular flexibility index (Phi) is 2.82. The molecule has 4 heteroatoms. The van der Waals surface area contributed by atoms with Crippen molar-refractivity contribution in [2.24, 2.45) is 0 Å². The first kappa shape index (κ1) is 10.2. The number of H-pyrrole nitrogens is 1. The van der Waals surface area contributed by atoms with Gasteiger partial charge in [0.05, 0.1) is 10.9 Å². The van der Waals surface area contributed by atoms with Crippen LogP contribution in [-0.4, -0.2) is 9.97 Å². The molecule has 0 saturated carbocycles. The Morgan fingerprint density at radius 3 is 2.38 bits per heavy atom. The molecule has 16 heavy (non-hydrogen) atoms. The van der Waals surface area contributed by atoms with Crippen LogP contribution < -0.4 is 11.3 Å². The zero-order valence-corrected chi connectivity index (χ0v) is 8.55. The van der Waals surface area contributed by atoms with Crippen molar-refractivity contribution in [1.29, 1.82) is 0 Å². The van der Waals surface area contributed by atoms with E-state index in [0.29, 0.717) is 10.9 Å². The minimum atomic E-state index is -0.235. The van der Waals surface area contributed by atoms with Gasteiger partial charge in [0, 0.05) is 0 Å². The summed E-state index contributed by atoms with van der Waals surface area (Å²) in [4.78, 5) is 18.2. The van der Waals surface area contributed by atoms with Crippen molar-refractivity contribution >= 4 is 16.9 Å². The lowest BCUT2D eigenvalue weighted by atomic mass is 10.3. The average Bonchev–Trinajstić information content (AvgIpc) is 2.25. The largest absolute Gasteiger partial charge is 0.369 e. The molecule has 2 aromatic rings. The van der Waals surface area contributed by atoms with Crippen molar-refractivity contribution in [3.63, 3.8) is 0 Å². The van der Waals surface area contributed by atoms with E-state index >= 15 is 0 Å². The lowest BCUT2D eigenvalue weighted by Crippen LogP contribution is -2.10. The van der Waals surface area contributed by atoms with Crippen LogP contribution >= 0.6 is 0 Å². The molecule has 0 unspecified atom stereocenters. The van der Waals surface area contributed by atoms with Gasteiger partial charge in [0.25, 0.3) is 5.56 Å². The minimum absolute atomic E-state index is 0.124. The molecule has 0 aliphatic heterocycles. The number of fused-ring (bicyclic) bond motifs is 1. The van der Waals surface area contributed by atoms with Gasteiger partial charge < -0.3 is 5.73 Å². The van der Waals surface area contributed by atoms with Crippen molar-refractivity contribution in [2.75, 3.05) is 5.73 Å². The molecule has 1 aromatic heterocycles. The van der Waals surface area contributed by atoms with Crippen LogP contribution in [0.3, 0.4) is 0 Å². The van der Waals surface area contributed by atoms with Gasteiger partial charge in [0.1, 0.15) is 0 Å². The molecule has 1 aromatic carbocycles. The number of nitrogens with two attached hydrogens (primary N) is 1. The molecule has 0 saturated heterocycles. The molecular weight excluding hydrogens is 202 g/mol. The van der Waals surface area contributed by atoms with Gasteiger partial charge in [-0.2, -0.15) is 0 Å². The summed E-state index contributed by atoms with van der Waals surface area (Å²) in [6.07, 6.45) is 0. The van der Waals surface area contributed by atoms with E-state index < -0.39 is 0 Å². The molecule has 0 aliphatic carbocycles. The SMILES string of the molecule is Nc1nc2ccccccccc2c(=O)[nH]1. The van der Waals surface area contributed by atoms with E-state index in [0.717, 1.165) is 0 Å². The van der Waals surface area contributed by atoms with Crippen molar-refractivity contribution in [3.8, 4) is 0 Å². The van der Waals surface area contributed by atoms with Crippen molar-refractivity contribution in [3.05, 3.63) is 58.9 Å². The monoisotopic (exact) mass is 213 g/mol. The standard InChI is InChI=1S/C12H11N3O/c13-12-14-10-8-6-4-2-1-3-5-7-9(10)11(16)15-12/h1-8H,(H3,13,14,15,16). The molecule has 4 nitrogen and oxygen atoms in total. The molecule has 80 valence electrons. The highest BCUT2D eigenvalue weighted by Crippen LogP contribution is 2.03. The topological polar surface area (TPSA) is 71.8 Å². The van der Waals surface area contributed by atoms with Crippen molar-refractivity contribution in [1.82, 2.24) is 9.97 Å². The minimum Gasteiger partial charge on any atom is -0.369 e. The Bertz CT molecular complexity index is 618. The van der Waals surface area contributed by atoms with Crippen molar-refractivity contribution < 1.29 is 0 Å². The van der Waals surface area contributed by atoms with Gasteiger partial charge in [-0.1, -0.05) is 36.4 Å². The van der Waals surface area contributed by atoms with Crippen LogP contribution in [0.4, 0.5) is 5.95 Å². The van der Waals surface area contributed by atoms with E-state index in [4.69, 9.17) is 5.73 Å². The quantitative estimate of drug-likeness (QED) is 0.698. The first-order valence-electron chi connectivity index (χ1n) is 4.85. The predicted molar refractivity (Wildman–Crippen MR) is 64.4 cm³/mol. The molecule has 0 bridgehead atoms. The fourth-order valence-corrected chi connectivity index (χ4v) is 1.36. The zero-order chi connectivity index (χ0) is 11.4. The van der Waals surface area contributed by atoms with E-state index in [1.807, 2.05) is 30.3 Å². The summed E-state index contributed by atoms with van der Waals surface area (Å²) in [5.41, 5.74) is 5.82. The second-order valence-electron chi connectivity index (χ2n) is 3.24. The number of hydrogen-bond donors (Lipinski definition) is 2. The fourth-order valence-electron chi connectivity index (χ4n) is 1.36. The van der Waals surface area contributed by atoms with Gasteiger partial charge in [-0.05, 0) is 12.1 Å². The lowest BCUT2D eigenvalue weighted by Gasteiger charge is -1.94. The van der Waals surface area contributed by atoms with Gasteiger partial charge in [-0.3, -0.25) is 9.78 Å². The predicted octanol–water partition coefficient (Wildman–Crippen LogP) is 1.63.